The van der Waals surface area contributed by atoms with Crippen LogP contribution in [0.5, 0.6) is 0 Å². The van der Waals surface area contributed by atoms with Crippen LogP contribution >= 0.6 is 7.82 Å². The molecule has 92 heavy (non-hydrogen) atoms. The number of aliphatic carboxylic acids is 1. The molecule has 6 saturated heterocycles. The van der Waals surface area contributed by atoms with Crippen molar-refractivity contribution in [3.63, 3.8) is 0 Å². The van der Waals surface area contributed by atoms with Crippen molar-refractivity contribution < 1.29 is 156 Å². The molecule has 6 aliphatic heterocycles. The van der Waals surface area contributed by atoms with E-state index in [0.717, 1.165) is 32.9 Å². The maximum Gasteiger partial charge on any atom is 0.474 e. The van der Waals surface area contributed by atoms with E-state index in [4.69, 9.17) is 78.4 Å². The van der Waals surface area contributed by atoms with Crippen LogP contribution in [0.2, 0.25) is 0 Å². The number of amides is 5. The number of benzene rings is 1. The third-order valence-corrected chi connectivity index (χ3v) is 17.0. The van der Waals surface area contributed by atoms with E-state index < -0.39 is 222 Å². The number of phosphoric ester groups is 1. The van der Waals surface area contributed by atoms with Gasteiger partial charge >= 0.3 is 19.9 Å². The first kappa shape index (κ1) is 74.5. The van der Waals surface area contributed by atoms with E-state index in [0.29, 0.717) is 26.2 Å². The number of rotatable bonds is 27. The summed E-state index contributed by atoms with van der Waals surface area (Å²) in [6, 6.07) is 5.91. The number of phosphoric acid groups is 1. The predicted molar refractivity (Wildman–Crippen MR) is 296 cm³/mol. The number of aliphatic hydroxyl groups is 10. The highest BCUT2D eigenvalue weighted by Gasteiger charge is 2.62. The molecule has 0 bridgehead atoms. The number of piperazine rings is 1. The number of hydrogen-bond acceptors (Lipinski definition) is 32. The van der Waals surface area contributed by atoms with Crippen molar-refractivity contribution in [3.8, 4) is 0 Å². The first-order valence-corrected chi connectivity index (χ1v) is 30.4. The first-order chi connectivity index (χ1) is 43.2. The number of carboxylic acid groups (broad SMARTS) is 1. The average molecular weight is 1350 g/mol. The normalized spacial score (nSPS) is 39.9. The minimum atomic E-state index is -5.79. The molecule has 0 spiro atoms. The standard InChI is InChI=1S/C52H82N7O32P/c1-20-37(85-49-36(70)33(67)34(68)39(87-49)43(53)71)30(64)27(56-21(2)61)46(82-20)86-38-25(18-80-48-35(69)32(66)29(63)24(17-60)83-48)84-47(28(31(38)65)57-22(3)62)88-40-41(90-51(55)75)52(4,76)42(44(54)72)89-50(40)91-92(77,78)81-19-26(45(73)74)79-15-14-58-10-12-59(13-11-58)16-23-8-6-5-7-9-23/h5-9,20,24-42,46-50,60,63-70,76H,10-19H2,1-4H3,(H2,53,71)(H2,54,72)(H2,55,75)(H,56,61)(H,57,62)(H,73,74)(H,77,78)/t20-,24-,25-,26-,27-,28-,29-,30-,31-,32+,33+,34-,35-,36-,37-,38-,39+,40-,41-,42-,46+,47+,48-,49-,50-,52+/m1/s1. The molecular formula is C52H82N7O32P. The van der Waals surface area contributed by atoms with Crippen LogP contribution < -0.4 is 27.8 Å². The Labute approximate surface area is 523 Å². The van der Waals surface area contributed by atoms with Crippen molar-refractivity contribution in [2.75, 3.05) is 59.2 Å². The van der Waals surface area contributed by atoms with E-state index in [1.807, 2.05) is 35.2 Å². The van der Waals surface area contributed by atoms with Crippen molar-refractivity contribution >= 4 is 43.5 Å². The molecule has 6 fully saturated rings. The maximum absolute atomic E-state index is 14.0. The lowest BCUT2D eigenvalue weighted by molar-refractivity contribution is -0.375. The van der Waals surface area contributed by atoms with Gasteiger partial charge < -0.3 is 141 Å². The predicted octanol–water partition coefficient (Wildman–Crippen LogP) is -9.70. The van der Waals surface area contributed by atoms with Gasteiger partial charge in [-0.3, -0.25) is 38.0 Å². The minimum absolute atomic E-state index is 0.204. The fraction of sp³-hybridized carbons (Fsp3) is 0.769. The van der Waals surface area contributed by atoms with Gasteiger partial charge in [-0.25, -0.2) is 14.2 Å². The Balaban J connectivity index is 1.16. The summed E-state index contributed by atoms with van der Waals surface area (Å²) >= 11 is 0. The number of hydrogen-bond donors (Lipinski definition) is 17. The van der Waals surface area contributed by atoms with Gasteiger partial charge in [0, 0.05) is 53.1 Å². The second-order valence-electron chi connectivity index (χ2n) is 22.9. The van der Waals surface area contributed by atoms with Crippen LogP contribution in [0, 0.1) is 0 Å². The lowest BCUT2D eigenvalue weighted by atomic mass is 9.85. The number of carboxylic acids is 1. The van der Waals surface area contributed by atoms with Crippen LogP contribution in [-0.2, 0) is 96.2 Å². The molecule has 0 saturated carbocycles. The van der Waals surface area contributed by atoms with Crippen LogP contribution in [0.4, 0.5) is 4.79 Å². The van der Waals surface area contributed by atoms with Gasteiger partial charge in [-0.05, 0) is 19.4 Å². The van der Waals surface area contributed by atoms with E-state index in [1.165, 1.54) is 6.92 Å². The highest BCUT2D eigenvalue weighted by Crippen LogP contribution is 2.49. The Morgan fingerprint density at radius 1 is 0.685 bits per heavy atom. The van der Waals surface area contributed by atoms with Gasteiger partial charge in [-0.15, -0.1) is 0 Å². The zero-order valence-corrected chi connectivity index (χ0v) is 50.9. The monoisotopic (exact) mass is 1350 g/mol. The van der Waals surface area contributed by atoms with Crippen molar-refractivity contribution in [3.05, 3.63) is 35.9 Å². The molecular weight excluding hydrogens is 1270 g/mol. The van der Waals surface area contributed by atoms with E-state index in [-0.39, 0.29) is 13.2 Å². The van der Waals surface area contributed by atoms with Gasteiger partial charge in [0.25, 0.3) is 0 Å². The minimum Gasteiger partial charge on any atom is -0.479 e. The molecule has 20 N–H and O–H groups in total. The van der Waals surface area contributed by atoms with Crippen LogP contribution in [0.25, 0.3) is 0 Å². The second-order valence-corrected chi connectivity index (χ2v) is 24.3. The van der Waals surface area contributed by atoms with Crippen LogP contribution in [0.3, 0.4) is 0 Å². The fourth-order valence-electron chi connectivity index (χ4n) is 11.2. The number of nitrogens with zero attached hydrogens (tertiary/aromatic N) is 2. The number of carbonyl (C=O) groups is 6. The molecule has 0 aromatic heterocycles. The Morgan fingerprint density at radius 3 is 1.82 bits per heavy atom. The summed E-state index contributed by atoms with van der Waals surface area (Å²) < 4.78 is 88.0. The molecule has 1 unspecified atom stereocenters. The molecule has 1 aromatic rings. The zero-order chi connectivity index (χ0) is 67.8. The number of aliphatic hydroxyl groups excluding tert-OH is 9. The van der Waals surface area contributed by atoms with Gasteiger partial charge in [0.15, 0.2) is 62.0 Å². The molecule has 522 valence electrons. The number of nitrogens with two attached hydrogens (primary N) is 3. The van der Waals surface area contributed by atoms with E-state index in [1.54, 1.807) is 0 Å². The maximum atomic E-state index is 14.0. The summed E-state index contributed by atoms with van der Waals surface area (Å²) in [6.45, 7) is 4.07. The summed E-state index contributed by atoms with van der Waals surface area (Å²) in [5.74, 6) is -6.36. The van der Waals surface area contributed by atoms with Gasteiger partial charge in [0.05, 0.1) is 32.5 Å². The van der Waals surface area contributed by atoms with E-state index >= 15 is 0 Å². The number of carbonyl (C=O) groups excluding carboxylic acids is 5. The van der Waals surface area contributed by atoms with Crippen molar-refractivity contribution in [2.45, 2.75) is 193 Å². The van der Waals surface area contributed by atoms with Gasteiger partial charge in [0.1, 0.15) is 90.9 Å². The SMILES string of the molecule is CC(=O)N[C@H]1[C@H](O[C@H]2[C@H](O)[C@@H](NC(C)=O)[C@H](O[C@H]3[C@@H](OP(=O)(O)OC[C@@H](OCCN4CCN(Cc5ccccc5)CC4)C(=O)O)O[C@H](C(N)=O)[C@@](C)(O)[C@@H]3OC(N)=O)O[C@@H]2CO[C@@H]2O[C@H](CO)[C@@H](O)[C@H](O)[C@H]2O)O[C@H](C)[C@@H](O[C@@H]2O[C@H](C(N)=O)[C@H](O)[C@H](O)[C@H]2O)[C@@H]1O. The zero-order valence-electron chi connectivity index (χ0n) is 50.0. The summed E-state index contributed by atoms with van der Waals surface area (Å²) in [5.41, 5.74) is 14.6. The highest BCUT2D eigenvalue weighted by atomic mass is 31.2. The Kier molecular flexibility index (Phi) is 26.1. The van der Waals surface area contributed by atoms with E-state index in [9.17, 15) is 94.4 Å². The molecule has 1 aromatic carbocycles. The van der Waals surface area contributed by atoms with Crippen LogP contribution in [0.1, 0.15) is 33.3 Å². The van der Waals surface area contributed by atoms with Gasteiger partial charge in [-0.2, -0.15) is 0 Å². The summed E-state index contributed by atoms with van der Waals surface area (Å²) in [4.78, 5) is 91.6. The van der Waals surface area contributed by atoms with Crippen LogP contribution in [0.15, 0.2) is 30.3 Å². The molecule has 39 nitrogen and oxygen atoms in total. The Bertz CT molecular complexity index is 2690. The number of primary amides is 3. The second kappa shape index (κ2) is 32.2. The summed E-state index contributed by atoms with van der Waals surface area (Å²) in [7, 11) is -5.79. The molecule has 6 heterocycles. The van der Waals surface area contributed by atoms with Gasteiger partial charge in [0.2, 0.25) is 23.6 Å². The highest BCUT2D eigenvalue weighted by molar-refractivity contribution is 7.47. The fourth-order valence-corrected chi connectivity index (χ4v) is 12.0. The summed E-state index contributed by atoms with van der Waals surface area (Å²) in [6.07, 6.45) is -49.3. The third kappa shape index (κ3) is 18.3. The molecule has 27 atom stereocenters. The third-order valence-electron chi connectivity index (χ3n) is 16.0. The topological polar surface area (TPSA) is 591 Å². The van der Waals surface area contributed by atoms with Crippen molar-refractivity contribution in [1.82, 2.24) is 20.4 Å². The van der Waals surface area contributed by atoms with Crippen molar-refractivity contribution in [1.29, 1.82) is 0 Å². The van der Waals surface area contributed by atoms with Gasteiger partial charge in [-0.1, -0.05) is 30.3 Å². The molecule has 0 aliphatic carbocycles. The summed E-state index contributed by atoms with van der Waals surface area (Å²) in [5, 5.41) is 125. The number of ether oxygens (including phenoxy) is 11. The smallest absolute Gasteiger partial charge is 0.474 e. The molecule has 5 amide bonds. The lowest BCUT2D eigenvalue weighted by Crippen LogP contribution is -2.72. The number of nitrogens with one attached hydrogen (secondary N) is 2. The largest absolute Gasteiger partial charge is 0.479 e. The lowest BCUT2D eigenvalue weighted by Gasteiger charge is -2.52. The first-order valence-electron chi connectivity index (χ1n) is 28.9. The molecule has 0 radical (unpaired) electrons. The molecule has 6 aliphatic rings. The Morgan fingerprint density at radius 2 is 1.24 bits per heavy atom. The average Bonchev–Trinajstić information content (AvgIpc) is 0.756. The van der Waals surface area contributed by atoms with Crippen molar-refractivity contribution in [2.24, 2.45) is 17.2 Å². The molecule has 7 rings (SSSR count). The quantitative estimate of drug-likeness (QED) is 0.0364. The molecule has 40 heteroatoms. The van der Waals surface area contributed by atoms with Crippen LogP contribution in [-0.4, -0.2) is 325 Å². The van der Waals surface area contributed by atoms with E-state index in [2.05, 4.69) is 15.5 Å². The Hall–Kier alpha value is -4.93.